The van der Waals surface area contributed by atoms with Crippen molar-refractivity contribution in [3.05, 3.63) is 64.2 Å². The second-order valence-corrected chi connectivity index (χ2v) is 9.48. The van der Waals surface area contributed by atoms with E-state index in [2.05, 4.69) is 26.1 Å². The minimum absolute atomic E-state index is 0.0647. The molecule has 26 heavy (non-hydrogen) atoms. The molecule has 0 aromatic heterocycles. The highest BCUT2D eigenvalue weighted by Gasteiger charge is 2.28. The molecule has 6 nitrogen and oxygen atoms in total. The average molecular weight is 376 g/mol. The van der Waals surface area contributed by atoms with Crippen LogP contribution < -0.4 is 5.32 Å². The normalized spacial score (nSPS) is 13.2. The topological polar surface area (TPSA) is 89.3 Å². The SMILES string of the molecule is CC(C)(C)[C@H](Cc1ccccc1)Nc1ccc(S(C)(=O)=O)cc1[N+](=O)[O-]. The summed E-state index contributed by atoms with van der Waals surface area (Å²) in [6.07, 6.45) is 1.72. The molecule has 1 atom stereocenters. The summed E-state index contributed by atoms with van der Waals surface area (Å²) in [7, 11) is -3.51. The first-order valence-corrected chi connectivity index (χ1v) is 10.2. The van der Waals surface area contributed by atoms with Gasteiger partial charge in [-0.15, -0.1) is 0 Å². The van der Waals surface area contributed by atoms with E-state index < -0.39 is 14.8 Å². The molecule has 0 spiro atoms. The maximum atomic E-state index is 11.7. The van der Waals surface area contributed by atoms with Gasteiger partial charge in [0.2, 0.25) is 0 Å². The van der Waals surface area contributed by atoms with Gasteiger partial charge >= 0.3 is 0 Å². The molecule has 1 N–H and O–H groups in total. The summed E-state index contributed by atoms with van der Waals surface area (Å²) in [5.41, 5.74) is 1.03. The van der Waals surface area contributed by atoms with E-state index >= 15 is 0 Å². The van der Waals surface area contributed by atoms with Crippen LogP contribution >= 0.6 is 0 Å². The quantitative estimate of drug-likeness (QED) is 0.606. The molecule has 0 amide bonds. The molecule has 140 valence electrons. The summed E-state index contributed by atoms with van der Waals surface area (Å²) in [4.78, 5) is 10.8. The Balaban J connectivity index is 2.40. The predicted molar refractivity (Wildman–Crippen MR) is 103 cm³/mol. The average Bonchev–Trinajstić information content (AvgIpc) is 2.53. The maximum absolute atomic E-state index is 11.7. The van der Waals surface area contributed by atoms with Gasteiger partial charge in [0.25, 0.3) is 5.69 Å². The number of nitro benzene ring substituents is 1. The molecule has 0 bridgehead atoms. The van der Waals surface area contributed by atoms with Crippen LogP contribution in [0.25, 0.3) is 0 Å². The van der Waals surface area contributed by atoms with E-state index in [0.29, 0.717) is 12.1 Å². The smallest absolute Gasteiger partial charge is 0.293 e. The van der Waals surface area contributed by atoms with Gasteiger partial charge in [0.1, 0.15) is 5.69 Å². The van der Waals surface area contributed by atoms with Crippen molar-refractivity contribution >= 4 is 21.2 Å². The molecule has 0 radical (unpaired) electrons. The molecule has 0 unspecified atom stereocenters. The van der Waals surface area contributed by atoms with Crippen molar-refractivity contribution in [2.45, 2.75) is 38.1 Å². The van der Waals surface area contributed by atoms with Gasteiger partial charge in [-0.1, -0.05) is 51.1 Å². The highest BCUT2D eigenvalue weighted by molar-refractivity contribution is 7.90. The zero-order valence-electron chi connectivity index (χ0n) is 15.4. The summed E-state index contributed by atoms with van der Waals surface area (Å²) in [5.74, 6) is 0. The van der Waals surface area contributed by atoms with Crippen molar-refractivity contribution in [1.82, 2.24) is 0 Å². The lowest BCUT2D eigenvalue weighted by Crippen LogP contribution is -2.36. The van der Waals surface area contributed by atoms with Crippen molar-refractivity contribution < 1.29 is 13.3 Å². The first-order chi connectivity index (χ1) is 12.0. The van der Waals surface area contributed by atoms with E-state index in [9.17, 15) is 18.5 Å². The first-order valence-electron chi connectivity index (χ1n) is 8.27. The van der Waals surface area contributed by atoms with Crippen LogP contribution in [0.15, 0.2) is 53.4 Å². The molecule has 0 heterocycles. The lowest BCUT2D eigenvalue weighted by atomic mass is 9.83. The third-order valence-corrected chi connectivity index (χ3v) is 5.36. The number of nitrogens with zero attached hydrogens (tertiary/aromatic N) is 1. The Morgan fingerprint density at radius 2 is 1.73 bits per heavy atom. The van der Waals surface area contributed by atoms with Crippen LogP contribution in [0.5, 0.6) is 0 Å². The molecule has 2 aromatic rings. The number of nitro groups is 1. The molecular weight excluding hydrogens is 352 g/mol. The zero-order chi connectivity index (χ0) is 19.5. The highest BCUT2D eigenvalue weighted by atomic mass is 32.2. The lowest BCUT2D eigenvalue weighted by Gasteiger charge is -2.32. The van der Waals surface area contributed by atoms with Gasteiger partial charge in [-0.3, -0.25) is 10.1 Å². The number of benzene rings is 2. The minimum atomic E-state index is -3.51. The Bertz CT molecular complexity index is 888. The standard InChI is InChI=1S/C19H24N2O4S/c1-19(2,3)18(12-14-8-6-5-7-9-14)20-16-11-10-15(26(4,24)25)13-17(16)21(22)23/h5-11,13,18,20H,12H2,1-4H3/t18-/m0/s1. The number of anilines is 1. The minimum Gasteiger partial charge on any atom is -0.376 e. The molecule has 2 aromatic carbocycles. The number of hydrogen-bond donors (Lipinski definition) is 1. The first kappa shape index (κ1) is 19.9. The number of nitrogens with one attached hydrogen (secondary N) is 1. The Labute approximate surface area is 154 Å². The van der Waals surface area contributed by atoms with Crippen LogP contribution in [0, 0.1) is 15.5 Å². The Hall–Kier alpha value is -2.41. The molecule has 0 aliphatic carbocycles. The molecule has 0 saturated heterocycles. The second-order valence-electron chi connectivity index (χ2n) is 7.46. The maximum Gasteiger partial charge on any atom is 0.293 e. The van der Waals surface area contributed by atoms with Gasteiger partial charge in [0, 0.05) is 18.4 Å². The molecular formula is C19H24N2O4S. The lowest BCUT2D eigenvalue weighted by molar-refractivity contribution is -0.384. The fourth-order valence-electron chi connectivity index (χ4n) is 2.63. The Kier molecular flexibility index (Phi) is 5.71. The number of hydrogen-bond acceptors (Lipinski definition) is 5. The number of rotatable bonds is 6. The van der Waals surface area contributed by atoms with E-state index in [1.807, 2.05) is 30.3 Å². The molecule has 2 rings (SSSR count). The van der Waals surface area contributed by atoms with Gasteiger partial charge in [-0.05, 0) is 29.5 Å². The Morgan fingerprint density at radius 3 is 2.23 bits per heavy atom. The second kappa shape index (κ2) is 7.45. The van der Waals surface area contributed by atoms with Crippen LogP contribution in [0.3, 0.4) is 0 Å². The van der Waals surface area contributed by atoms with Crippen LogP contribution in [-0.2, 0) is 16.3 Å². The van der Waals surface area contributed by atoms with Gasteiger partial charge in [-0.25, -0.2) is 8.42 Å². The fraction of sp³-hybridized carbons (Fsp3) is 0.368. The summed E-state index contributed by atoms with van der Waals surface area (Å²) in [6, 6.07) is 13.8. The summed E-state index contributed by atoms with van der Waals surface area (Å²) < 4.78 is 23.4. The van der Waals surface area contributed by atoms with Crippen LogP contribution in [0.2, 0.25) is 0 Å². The summed E-state index contributed by atoms with van der Waals surface area (Å²) in [5, 5.41) is 14.7. The molecule has 0 aliphatic rings. The highest BCUT2D eigenvalue weighted by Crippen LogP contribution is 2.32. The van der Waals surface area contributed by atoms with Crippen molar-refractivity contribution in [1.29, 1.82) is 0 Å². The van der Waals surface area contributed by atoms with E-state index in [1.54, 1.807) is 0 Å². The largest absolute Gasteiger partial charge is 0.376 e. The zero-order valence-corrected chi connectivity index (χ0v) is 16.2. The van der Waals surface area contributed by atoms with Crippen molar-refractivity contribution in [2.75, 3.05) is 11.6 Å². The van der Waals surface area contributed by atoms with Crippen LogP contribution in [-0.4, -0.2) is 25.6 Å². The molecule has 0 fully saturated rings. The molecule has 7 heteroatoms. The van der Waals surface area contributed by atoms with E-state index in [1.165, 1.54) is 12.1 Å². The summed E-state index contributed by atoms with van der Waals surface area (Å²) in [6.45, 7) is 6.18. The molecule has 0 saturated carbocycles. The van der Waals surface area contributed by atoms with Crippen LogP contribution in [0.4, 0.5) is 11.4 Å². The van der Waals surface area contributed by atoms with E-state index in [-0.39, 0.29) is 22.0 Å². The number of sulfone groups is 1. The third kappa shape index (κ3) is 5.05. The Morgan fingerprint density at radius 1 is 1.12 bits per heavy atom. The van der Waals surface area contributed by atoms with Gasteiger partial charge in [0.15, 0.2) is 9.84 Å². The predicted octanol–water partition coefficient (Wildman–Crippen LogP) is 4.07. The van der Waals surface area contributed by atoms with Gasteiger partial charge in [-0.2, -0.15) is 0 Å². The summed E-state index contributed by atoms with van der Waals surface area (Å²) >= 11 is 0. The molecule has 0 aliphatic heterocycles. The van der Waals surface area contributed by atoms with E-state index in [0.717, 1.165) is 17.9 Å². The fourth-order valence-corrected chi connectivity index (χ4v) is 3.27. The monoisotopic (exact) mass is 376 g/mol. The third-order valence-electron chi connectivity index (χ3n) is 4.25. The van der Waals surface area contributed by atoms with Crippen molar-refractivity contribution in [2.24, 2.45) is 5.41 Å². The van der Waals surface area contributed by atoms with Crippen molar-refractivity contribution in [3.8, 4) is 0 Å². The van der Waals surface area contributed by atoms with Crippen molar-refractivity contribution in [3.63, 3.8) is 0 Å². The van der Waals surface area contributed by atoms with E-state index in [4.69, 9.17) is 0 Å². The van der Waals surface area contributed by atoms with Gasteiger partial charge < -0.3 is 5.32 Å². The van der Waals surface area contributed by atoms with Gasteiger partial charge in [0.05, 0.1) is 9.82 Å². The van der Waals surface area contributed by atoms with Crippen LogP contribution in [0.1, 0.15) is 26.3 Å².